The maximum Gasteiger partial charge on any atom is 0.358 e. The lowest BCUT2D eigenvalue weighted by Crippen LogP contribution is -1.94. The molecule has 0 fully saturated rings. The Labute approximate surface area is 99.4 Å². The summed E-state index contributed by atoms with van der Waals surface area (Å²) in [7, 11) is 0. The van der Waals surface area contributed by atoms with Gasteiger partial charge < -0.3 is 14.0 Å². The third-order valence-electron chi connectivity index (χ3n) is 2.56. The van der Waals surface area contributed by atoms with E-state index in [1.165, 1.54) is 24.5 Å². The third-order valence-corrected chi connectivity index (χ3v) is 2.56. The monoisotopic (exact) mass is 247 g/mol. The van der Waals surface area contributed by atoms with Crippen LogP contribution in [0.15, 0.2) is 39.5 Å². The number of aromatic carboxylic acids is 1. The van der Waals surface area contributed by atoms with Gasteiger partial charge in [-0.05, 0) is 18.2 Å². The number of carbonyl (C=O) groups is 1. The molecule has 0 spiro atoms. The van der Waals surface area contributed by atoms with Gasteiger partial charge in [0, 0.05) is 11.5 Å². The highest BCUT2D eigenvalue weighted by Crippen LogP contribution is 2.32. The number of carboxylic acids is 1. The van der Waals surface area contributed by atoms with Crippen molar-refractivity contribution in [2.45, 2.75) is 0 Å². The van der Waals surface area contributed by atoms with E-state index in [-0.39, 0.29) is 17.0 Å². The molecule has 1 N–H and O–H groups in total. The topological polar surface area (TPSA) is 76.5 Å². The van der Waals surface area contributed by atoms with E-state index >= 15 is 0 Å². The van der Waals surface area contributed by atoms with Gasteiger partial charge in [0.1, 0.15) is 11.4 Å². The van der Waals surface area contributed by atoms with Crippen molar-refractivity contribution in [3.8, 4) is 11.3 Å². The van der Waals surface area contributed by atoms with Crippen molar-refractivity contribution in [2.75, 3.05) is 0 Å². The van der Waals surface area contributed by atoms with Crippen LogP contribution in [0.1, 0.15) is 10.5 Å². The van der Waals surface area contributed by atoms with Gasteiger partial charge in [0.05, 0.1) is 11.8 Å². The summed E-state index contributed by atoms with van der Waals surface area (Å²) in [6.07, 6.45) is 1.42. The normalized spacial score (nSPS) is 10.9. The lowest BCUT2D eigenvalue weighted by atomic mass is 10.1. The van der Waals surface area contributed by atoms with Crippen molar-refractivity contribution in [2.24, 2.45) is 0 Å². The SMILES string of the molecule is O=C(O)c1cc(-c2c(F)ccc3occc23)on1. The molecule has 0 saturated heterocycles. The van der Waals surface area contributed by atoms with E-state index in [2.05, 4.69) is 5.16 Å². The number of hydrogen-bond acceptors (Lipinski definition) is 4. The molecule has 0 aliphatic carbocycles. The summed E-state index contributed by atoms with van der Waals surface area (Å²) in [5, 5.41) is 12.6. The Morgan fingerprint density at radius 3 is 2.89 bits per heavy atom. The lowest BCUT2D eigenvalue weighted by molar-refractivity contribution is 0.0686. The minimum Gasteiger partial charge on any atom is -0.476 e. The van der Waals surface area contributed by atoms with Crippen LogP contribution in [0.4, 0.5) is 4.39 Å². The molecule has 2 aromatic heterocycles. The van der Waals surface area contributed by atoms with Crippen molar-refractivity contribution in [3.63, 3.8) is 0 Å². The van der Waals surface area contributed by atoms with E-state index in [9.17, 15) is 9.18 Å². The quantitative estimate of drug-likeness (QED) is 0.753. The predicted molar refractivity (Wildman–Crippen MR) is 58.6 cm³/mol. The number of hydrogen-bond donors (Lipinski definition) is 1. The van der Waals surface area contributed by atoms with Crippen LogP contribution in [0.3, 0.4) is 0 Å². The minimum absolute atomic E-state index is 0.0527. The van der Waals surface area contributed by atoms with Crippen LogP contribution >= 0.6 is 0 Å². The van der Waals surface area contributed by atoms with E-state index in [0.29, 0.717) is 11.0 Å². The molecule has 0 aliphatic heterocycles. The first-order valence-electron chi connectivity index (χ1n) is 5.03. The average Bonchev–Trinajstić information content (AvgIpc) is 2.95. The number of nitrogens with zero attached hydrogens (tertiary/aromatic N) is 1. The Bertz CT molecular complexity index is 743. The Kier molecular flexibility index (Phi) is 2.16. The predicted octanol–water partition coefficient (Wildman–Crippen LogP) is 2.93. The molecular formula is C12H6FNO4. The molecule has 0 bridgehead atoms. The molecule has 0 atom stereocenters. The second-order valence-electron chi connectivity index (χ2n) is 3.64. The van der Waals surface area contributed by atoms with Gasteiger partial charge in [-0.25, -0.2) is 9.18 Å². The number of aromatic nitrogens is 1. The van der Waals surface area contributed by atoms with Gasteiger partial charge in [0.25, 0.3) is 0 Å². The van der Waals surface area contributed by atoms with Gasteiger partial charge in [0.2, 0.25) is 0 Å². The van der Waals surface area contributed by atoms with Crippen LogP contribution in [-0.2, 0) is 0 Å². The number of rotatable bonds is 2. The van der Waals surface area contributed by atoms with Gasteiger partial charge in [-0.15, -0.1) is 0 Å². The summed E-state index contributed by atoms with van der Waals surface area (Å²) in [5.41, 5.74) is 0.353. The Hall–Kier alpha value is -2.63. The van der Waals surface area contributed by atoms with E-state index in [1.807, 2.05) is 0 Å². The third kappa shape index (κ3) is 1.46. The summed E-state index contributed by atoms with van der Waals surface area (Å²) in [4.78, 5) is 10.7. The van der Waals surface area contributed by atoms with Gasteiger partial charge in [0.15, 0.2) is 11.5 Å². The molecule has 18 heavy (non-hydrogen) atoms. The molecule has 2 heterocycles. The largest absolute Gasteiger partial charge is 0.476 e. The van der Waals surface area contributed by atoms with Gasteiger partial charge in [-0.1, -0.05) is 5.16 Å². The number of benzene rings is 1. The summed E-state index contributed by atoms with van der Waals surface area (Å²) >= 11 is 0. The molecule has 0 unspecified atom stereocenters. The molecule has 0 radical (unpaired) electrons. The number of carboxylic acid groups (broad SMARTS) is 1. The van der Waals surface area contributed by atoms with Crippen molar-refractivity contribution < 1.29 is 23.2 Å². The van der Waals surface area contributed by atoms with Gasteiger partial charge >= 0.3 is 5.97 Å². The molecular weight excluding hydrogens is 241 g/mol. The first-order valence-corrected chi connectivity index (χ1v) is 5.03. The lowest BCUT2D eigenvalue weighted by Gasteiger charge is -1.99. The maximum absolute atomic E-state index is 13.8. The fraction of sp³-hybridized carbons (Fsp3) is 0. The van der Waals surface area contributed by atoms with Crippen LogP contribution < -0.4 is 0 Å². The first-order chi connectivity index (χ1) is 8.66. The van der Waals surface area contributed by atoms with Crippen LogP contribution in [0.5, 0.6) is 0 Å². The molecule has 6 heteroatoms. The molecule has 0 amide bonds. The average molecular weight is 247 g/mol. The van der Waals surface area contributed by atoms with Crippen LogP contribution in [-0.4, -0.2) is 16.2 Å². The number of fused-ring (bicyclic) bond motifs is 1. The van der Waals surface area contributed by atoms with Crippen molar-refractivity contribution >= 4 is 16.9 Å². The summed E-state index contributed by atoms with van der Waals surface area (Å²) in [6.45, 7) is 0. The Morgan fingerprint density at radius 1 is 1.33 bits per heavy atom. The fourth-order valence-corrected chi connectivity index (χ4v) is 1.76. The summed E-state index contributed by atoms with van der Waals surface area (Å²) in [5.74, 6) is -1.71. The zero-order valence-corrected chi connectivity index (χ0v) is 8.88. The highest BCUT2D eigenvalue weighted by atomic mass is 19.1. The second-order valence-corrected chi connectivity index (χ2v) is 3.64. The van der Waals surface area contributed by atoms with Gasteiger partial charge in [-0.2, -0.15) is 0 Å². The van der Waals surface area contributed by atoms with Crippen molar-refractivity contribution in [1.29, 1.82) is 0 Å². The molecule has 5 nitrogen and oxygen atoms in total. The number of halogens is 1. The highest BCUT2D eigenvalue weighted by molar-refractivity contribution is 5.94. The van der Waals surface area contributed by atoms with E-state index in [4.69, 9.17) is 14.0 Å². The van der Waals surface area contributed by atoms with E-state index in [0.717, 1.165) is 0 Å². The Morgan fingerprint density at radius 2 is 2.17 bits per heavy atom. The smallest absolute Gasteiger partial charge is 0.358 e. The molecule has 90 valence electrons. The van der Waals surface area contributed by atoms with Crippen molar-refractivity contribution in [3.05, 3.63) is 42.0 Å². The summed E-state index contributed by atoms with van der Waals surface area (Å²) < 4.78 is 23.8. The molecule has 3 aromatic rings. The van der Waals surface area contributed by atoms with Crippen LogP contribution in [0.25, 0.3) is 22.3 Å². The number of furan rings is 1. The zero-order valence-electron chi connectivity index (χ0n) is 8.88. The summed E-state index contributed by atoms with van der Waals surface area (Å²) in [6, 6.07) is 5.47. The van der Waals surface area contributed by atoms with Crippen molar-refractivity contribution in [1.82, 2.24) is 5.16 Å². The standard InChI is InChI=1S/C12H6FNO4/c13-7-1-2-9-6(3-4-17-9)11(7)10-5-8(12(15)16)14-18-10/h1-5H,(H,15,16). The maximum atomic E-state index is 13.8. The highest BCUT2D eigenvalue weighted by Gasteiger charge is 2.18. The van der Waals surface area contributed by atoms with Crippen LogP contribution in [0, 0.1) is 5.82 Å². The molecule has 0 aliphatic rings. The molecule has 0 saturated carbocycles. The second kappa shape index (κ2) is 3.69. The first kappa shape index (κ1) is 10.5. The fourth-order valence-electron chi connectivity index (χ4n) is 1.76. The van der Waals surface area contributed by atoms with E-state index in [1.54, 1.807) is 6.07 Å². The Balaban J connectivity index is 2.26. The van der Waals surface area contributed by atoms with Crippen LogP contribution in [0.2, 0.25) is 0 Å². The zero-order chi connectivity index (χ0) is 12.7. The van der Waals surface area contributed by atoms with Gasteiger partial charge in [-0.3, -0.25) is 0 Å². The minimum atomic E-state index is -1.23. The molecule has 1 aromatic carbocycles. The van der Waals surface area contributed by atoms with E-state index < -0.39 is 11.8 Å². The molecule has 3 rings (SSSR count).